The zero-order chi connectivity index (χ0) is 16.4. The van der Waals surface area contributed by atoms with E-state index in [1.165, 1.54) is 5.69 Å². The molecule has 1 aromatic rings. The summed E-state index contributed by atoms with van der Waals surface area (Å²) < 4.78 is 4.94. The molecule has 2 N–H and O–H groups in total. The molecule has 124 valence electrons. The number of carbonyl (C=O) groups is 1. The van der Waals surface area contributed by atoms with Gasteiger partial charge < -0.3 is 20.3 Å². The first-order chi connectivity index (χ1) is 10.6. The van der Waals surface area contributed by atoms with Gasteiger partial charge in [0.15, 0.2) is 0 Å². The van der Waals surface area contributed by atoms with Crippen LogP contribution in [-0.4, -0.2) is 45.8 Å². The number of amides is 1. The quantitative estimate of drug-likeness (QED) is 0.652. The molecule has 5 nitrogen and oxygen atoms in total. The number of aryl methyl sites for hydroxylation is 1. The van der Waals surface area contributed by atoms with E-state index >= 15 is 0 Å². The standard InChI is InChI=1S/C17H29N3O2/c1-5-20(6-2)15-7-8-16(14(3)13-15)19-17(21)9-10-18-11-12-22-4/h7-8,13,18H,5-6,9-12H2,1-4H3,(H,19,21). The van der Waals surface area contributed by atoms with Crippen molar-refractivity contribution in [1.29, 1.82) is 0 Å². The molecule has 0 bridgehead atoms. The molecule has 0 heterocycles. The monoisotopic (exact) mass is 307 g/mol. The summed E-state index contributed by atoms with van der Waals surface area (Å²) in [6.07, 6.45) is 0.459. The van der Waals surface area contributed by atoms with Crippen molar-refractivity contribution in [3.8, 4) is 0 Å². The second-order valence-corrected chi connectivity index (χ2v) is 5.21. The number of hydrogen-bond acceptors (Lipinski definition) is 4. The Morgan fingerprint density at radius 2 is 1.95 bits per heavy atom. The van der Waals surface area contributed by atoms with Crippen LogP contribution < -0.4 is 15.5 Å². The van der Waals surface area contributed by atoms with Gasteiger partial charge >= 0.3 is 0 Å². The molecule has 0 radical (unpaired) electrons. The zero-order valence-corrected chi connectivity index (χ0v) is 14.2. The maximum atomic E-state index is 11.9. The number of rotatable bonds is 10. The molecule has 0 unspecified atom stereocenters. The Hall–Kier alpha value is -1.59. The number of hydrogen-bond donors (Lipinski definition) is 2. The number of nitrogens with one attached hydrogen (secondary N) is 2. The van der Waals surface area contributed by atoms with Crippen LogP contribution in [0.1, 0.15) is 25.8 Å². The Balaban J connectivity index is 2.50. The van der Waals surface area contributed by atoms with Crippen LogP contribution in [0.3, 0.4) is 0 Å². The minimum Gasteiger partial charge on any atom is -0.383 e. The molecule has 0 fully saturated rings. The van der Waals surface area contributed by atoms with Gasteiger partial charge in [0, 0.05) is 51.1 Å². The van der Waals surface area contributed by atoms with Gasteiger partial charge in [-0.1, -0.05) is 0 Å². The summed E-state index contributed by atoms with van der Waals surface area (Å²) in [6, 6.07) is 6.17. The van der Waals surface area contributed by atoms with E-state index in [-0.39, 0.29) is 5.91 Å². The number of benzene rings is 1. The van der Waals surface area contributed by atoms with Crippen LogP contribution in [0.5, 0.6) is 0 Å². The summed E-state index contributed by atoms with van der Waals surface area (Å²) in [5, 5.41) is 6.14. The van der Waals surface area contributed by atoms with E-state index in [0.29, 0.717) is 19.6 Å². The first-order valence-corrected chi connectivity index (χ1v) is 7.97. The van der Waals surface area contributed by atoms with E-state index < -0.39 is 0 Å². The summed E-state index contributed by atoms with van der Waals surface area (Å²) in [5.74, 6) is 0.0311. The van der Waals surface area contributed by atoms with Crippen molar-refractivity contribution in [3.63, 3.8) is 0 Å². The minimum absolute atomic E-state index is 0.0311. The summed E-state index contributed by atoms with van der Waals surface area (Å²) in [5.41, 5.74) is 3.17. The molecule has 1 amide bonds. The Kier molecular flexibility index (Phi) is 8.55. The van der Waals surface area contributed by atoms with Gasteiger partial charge in [0.05, 0.1) is 6.61 Å². The zero-order valence-electron chi connectivity index (χ0n) is 14.2. The van der Waals surface area contributed by atoms with Crippen LogP contribution in [0.15, 0.2) is 18.2 Å². The third kappa shape index (κ3) is 6.03. The summed E-state index contributed by atoms with van der Waals surface area (Å²) in [6.45, 7) is 10.4. The van der Waals surface area contributed by atoms with Gasteiger partial charge in [-0.05, 0) is 44.5 Å². The van der Waals surface area contributed by atoms with Crippen LogP contribution in [0.4, 0.5) is 11.4 Å². The van der Waals surface area contributed by atoms with Crippen molar-refractivity contribution in [2.45, 2.75) is 27.2 Å². The highest BCUT2D eigenvalue weighted by Gasteiger charge is 2.07. The second-order valence-electron chi connectivity index (χ2n) is 5.21. The topological polar surface area (TPSA) is 53.6 Å². The van der Waals surface area contributed by atoms with Gasteiger partial charge in [-0.2, -0.15) is 0 Å². The van der Waals surface area contributed by atoms with Gasteiger partial charge in [-0.15, -0.1) is 0 Å². The van der Waals surface area contributed by atoms with Crippen LogP contribution in [-0.2, 0) is 9.53 Å². The molecule has 0 saturated heterocycles. The van der Waals surface area contributed by atoms with E-state index in [1.807, 2.05) is 13.0 Å². The molecule has 0 spiro atoms. The van der Waals surface area contributed by atoms with Crippen molar-refractivity contribution in [3.05, 3.63) is 23.8 Å². The average molecular weight is 307 g/mol. The lowest BCUT2D eigenvalue weighted by Gasteiger charge is -2.22. The van der Waals surface area contributed by atoms with Crippen molar-refractivity contribution in [2.24, 2.45) is 0 Å². The molecule has 0 saturated carbocycles. The number of ether oxygens (including phenoxy) is 1. The molecular formula is C17H29N3O2. The third-order valence-electron chi connectivity index (χ3n) is 3.62. The molecule has 5 heteroatoms. The average Bonchev–Trinajstić information content (AvgIpc) is 2.51. The van der Waals surface area contributed by atoms with Gasteiger partial charge in [0.25, 0.3) is 0 Å². The number of carbonyl (C=O) groups excluding carboxylic acids is 1. The highest BCUT2D eigenvalue weighted by atomic mass is 16.5. The van der Waals surface area contributed by atoms with Crippen molar-refractivity contribution >= 4 is 17.3 Å². The lowest BCUT2D eigenvalue weighted by Crippen LogP contribution is -2.25. The fraction of sp³-hybridized carbons (Fsp3) is 0.588. The number of nitrogens with zero attached hydrogens (tertiary/aromatic N) is 1. The molecule has 22 heavy (non-hydrogen) atoms. The largest absolute Gasteiger partial charge is 0.383 e. The highest BCUT2D eigenvalue weighted by molar-refractivity contribution is 5.91. The van der Waals surface area contributed by atoms with E-state index in [4.69, 9.17) is 4.74 Å². The predicted octanol–water partition coefficient (Wildman–Crippen LogP) is 2.41. The van der Waals surface area contributed by atoms with Crippen molar-refractivity contribution in [2.75, 3.05) is 50.1 Å². The molecule has 0 aromatic heterocycles. The number of anilines is 2. The summed E-state index contributed by atoms with van der Waals surface area (Å²) in [7, 11) is 1.67. The van der Waals surface area contributed by atoms with Crippen molar-refractivity contribution in [1.82, 2.24) is 5.32 Å². The highest BCUT2D eigenvalue weighted by Crippen LogP contribution is 2.22. The SMILES string of the molecule is CCN(CC)c1ccc(NC(=O)CCNCCOC)c(C)c1. The predicted molar refractivity (Wildman–Crippen MR) is 92.7 cm³/mol. The van der Waals surface area contributed by atoms with Gasteiger partial charge in [0.1, 0.15) is 0 Å². The van der Waals surface area contributed by atoms with E-state index in [0.717, 1.165) is 30.9 Å². The maximum Gasteiger partial charge on any atom is 0.225 e. The lowest BCUT2D eigenvalue weighted by atomic mass is 10.1. The lowest BCUT2D eigenvalue weighted by molar-refractivity contribution is -0.116. The Morgan fingerprint density at radius 3 is 2.55 bits per heavy atom. The smallest absolute Gasteiger partial charge is 0.225 e. The molecule has 0 atom stereocenters. The minimum atomic E-state index is 0.0311. The first kappa shape index (κ1) is 18.5. The normalized spacial score (nSPS) is 10.5. The van der Waals surface area contributed by atoms with Crippen LogP contribution in [0.25, 0.3) is 0 Å². The van der Waals surface area contributed by atoms with E-state index in [1.54, 1.807) is 7.11 Å². The Bertz CT molecular complexity index is 459. The fourth-order valence-electron chi connectivity index (χ4n) is 2.29. The molecule has 0 aliphatic rings. The second kappa shape index (κ2) is 10.2. The van der Waals surface area contributed by atoms with E-state index in [9.17, 15) is 4.79 Å². The Labute approximate surface area is 134 Å². The molecule has 1 aromatic carbocycles. The molecule has 0 aliphatic carbocycles. The molecule has 0 aliphatic heterocycles. The fourth-order valence-corrected chi connectivity index (χ4v) is 2.29. The summed E-state index contributed by atoms with van der Waals surface area (Å²) >= 11 is 0. The third-order valence-corrected chi connectivity index (χ3v) is 3.62. The summed E-state index contributed by atoms with van der Waals surface area (Å²) in [4.78, 5) is 14.2. The van der Waals surface area contributed by atoms with Crippen LogP contribution in [0, 0.1) is 6.92 Å². The van der Waals surface area contributed by atoms with Gasteiger partial charge in [0.2, 0.25) is 5.91 Å². The van der Waals surface area contributed by atoms with Crippen LogP contribution >= 0.6 is 0 Å². The Morgan fingerprint density at radius 1 is 1.23 bits per heavy atom. The first-order valence-electron chi connectivity index (χ1n) is 7.97. The van der Waals surface area contributed by atoms with E-state index in [2.05, 4.69) is 41.5 Å². The van der Waals surface area contributed by atoms with Gasteiger partial charge in [-0.25, -0.2) is 0 Å². The van der Waals surface area contributed by atoms with Crippen LogP contribution in [0.2, 0.25) is 0 Å². The maximum absolute atomic E-state index is 11.9. The number of methoxy groups -OCH3 is 1. The molecular weight excluding hydrogens is 278 g/mol. The molecule has 1 rings (SSSR count). The van der Waals surface area contributed by atoms with Crippen molar-refractivity contribution < 1.29 is 9.53 Å². The van der Waals surface area contributed by atoms with Gasteiger partial charge in [-0.3, -0.25) is 4.79 Å².